The molecule has 1 saturated heterocycles. The van der Waals surface area contributed by atoms with Crippen LogP contribution in [0.4, 0.5) is 13.2 Å². The summed E-state index contributed by atoms with van der Waals surface area (Å²) in [6, 6.07) is 9.74. The van der Waals surface area contributed by atoms with E-state index in [4.69, 9.17) is 9.47 Å². The summed E-state index contributed by atoms with van der Waals surface area (Å²) in [5.74, 6) is -3.02. The van der Waals surface area contributed by atoms with E-state index in [0.717, 1.165) is 9.96 Å². The predicted molar refractivity (Wildman–Crippen MR) is 153 cm³/mol. The summed E-state index contributed by atoms with van der Waals surface area (Å²) >= 11 is 0. The average Bonchev–Trinajstić information content (AvgIpc) is 3.41. The first-order chi connectivity index (χ1) is 21.3. The van der Waals surface area contributed by atoms with Gasteiger partial charge in [-0.25, -0.2) is 13.4 Å². The maximum Gasteiger partial charge on any atom is 0.452 e. The molecule has 0 radical (unpaired) electrons. The lowest BCUT2D eigenvalue weighted by Gasteiger charge is -2.38. The summed E-state index contributed by atoms with van der Waals surface area (Å²) in [4.78, 5) is 16.2. The van der Waals surface area contributed by atoms with Crippen LogP contribution in [0.15, 0.2) is 53.7 Å². The predicted octanol–water partition coefficient (Wildman–Crippen LogP) is 4.50. The molecule has 11 nitrogen and oxygen atoms in total. The van der Waals surface area contributed by atoms with Crippen LogP contribution in [0.1, 0.15) is 58.8 Å². The zero-order valence-electron chi connectivity index (χ0n) is 24.4. The Hall–Kier alpha value is -4.08. The SMILES string of the molecule is Cc1ccc(C(CC(=O)O)c2ccn3c(C(F)(F)F)nnc3c2C)cc1CN1CC2(CCOCC2)Oc2ncccc2S1(=O)=O. The minimum absolute atomic E-state index is 0.0285. The number of aliphatic carboxylic acids is 1. The third-order valence-electron chi connectivity index (χ3n) is 8.53. The van der Waals surface area contributed by atoms with Gasteiger partial charge in [0, 0.05) is 37.7 Å². The molecule has 1 N–H and O–H groups in total. The first kappa shape index (κ1) is 30.9. The summed E-state index contributed by atoms with van der Waals surface area (Å²) in [6.07, 6.45) is -1.48. The minimum atomic E-state index is -4.72. The number of hydrogen-bond acceptors (Lipinski definition) is 8. The van der Waals surface area contributed by atoms with Crippen molar-refractivity contribution in [2.75, 3.05) is 19.8 Å². The minimum Gasteiger partial charge on any atom is -0.481 e. The van der Waals surface area contributed by atoms with E-state index in [1.54, 1.807) is 25.1 Å². The molecule has 1 spiro atoms. The van der Waals surface area contributed by atoms with Gasteiger partial charge in [0.05, 0.1) is 26.2 Å². The Morgan fingerprint density at radius 3 is 2.60 bits per heavy atom. The number of sulfonamides is 1. The first-order valence-corrected chi connectivity index (χ1v) is 15.7. The summed E-state index contributed by atoms with van der Waals surface area (Å²) in [5, 5.41) is 16.9. The molecule has 1 atom stereocenters. The molecule has 0 aliphatic carbocycles. The van der Waals surface area contributed by atoms with E-state index in [1.165, 1.54) is 34.9 Å². The largest absolute Gasteiger partial charge is 0.481 e. The number of aryl methyl sites for hydroxylation is 2. The van der Waals surface area contributed by atoms with E-state index < -0.39 is 39.5 Å². The lowest BCUT2D eigenvalue weighted by atomic mass is 9.85. The van der Waals surface area contributed by atoms with Crippen molar-refractivity contribution in [2.24, 2.45) is 0 Å². The Bertz CT molecular complexity index is 1890. The van der Waals surface area contributed by atoms with Crippen LogP contribution in [0.5, 0.6) is 5.88 Å². The maximum absolute atomic E-state index is 14.0. The number of halogens is 3. The lowest BCUT2D eigenvalue weighted by Crippen LogP contribution is -2.50. The van der Waals surface area contributed by atoms with Crippen molar-refractivity contribution < 1.29 is 41.0 Å². The molecule has 45 heavy (non-hydrogen) atoms. The molecule has 238 valence electrons. The number of nitrogens with zero attached hydrogens (tertiary/aromatic N) is 5. The van der Waals surface area contributed by atoms with Crippen LogP contribution in [0.2, 0.25) is 0 Å². The van der Waals surface area contributed by atoms with Crippen LogP contribution >= 0.6 is 0 Å². The molecule has 6 rings (SSSR count). The number of rotatable bonds is 6. The normalized spacial score (nSPS) is 18.7. The highest BCUT2D eigenvalue weighted by Crippen LogP contribution is 2.39. The van der Waals surface area contributed by atoms with Crippen molar-refractivity contribution in [3.63, 3.8) is 0 Å². The van der Waals surface area contributed by atoms with Crippen molar-refractivity contribution in [2.45, 2.75) is 62.2 Å². The van der Waals surface area contributed by atoms with Crippen molar-refractivity contribution in [1.82, 2.24) is 23.9 Å². The van der Waals surface area contributed by atoms with Crippen LogP contribution in [-0.2, 0) is 32.3 Å². The van der Waals surface area contributed by atoms with E-state index in [0.29, 0.717) is 48.3 Å². The Morgan fingerprint density at radius 2 is 1.89 bits per heavy atom. The molecule has 1 aromatic carbocycles. The third kappa shape index (κ3) is 5.75. The van der Waals surface area contributed by atoms with E-state index in [9.17, 15) is 31.5 Å². The van der Waals surface area contributed by atoms with Crippen LogP contribution in [0.25, 0.3) is 5.65 Å². The number of carboxylic acids is 1. The summed E-state index contributed by atoms with van der Waals surface area (Å²) in [5.41, 5.74) is 1.92. The van der Waals surface area contributed by atoms with Gasteiger partial charge in [-0.3, -0.25) is 9.20 Å². The molecule has 2 aliphatic rings. The number of pyridine rings is 2. The van der Waals surface area contributed by atoms with Gasteiger partial charge in [-0.2, -0.15) is 17.5 Å². The second-order valence-electron chi connectivity index (χ2n) is 11.4. The van der Waals surface area contributed by atoms with E-state index >= 15 is 0 Å². The highest BCUT2D eigenvalue weighted by molar-refractivity contribution is 7.89. The Balaban J connectivity index is 1.41. The highest BCUT2D eigenvalue weighted by Gasteiger charge is 2.45. The smallest absolute Gasteiger partial charge is 0.452 e. The van der Waals surface area contributed by atoms with Crippen molar-refractivity contribution in [3.05, 3.63) is 82.4 Å². The number of aromatic nitrogens is 4. The molecule has 15 heteroatoms. The van der Waals surface area contributed by atoms with Gasteiger partial charge in [-0.15, -0.1) is 10.2 Å². The van der Waals surface area contributed by atoms with Gasteiger partial charge in [0.2, 0.25) is 21.7 Å². The molecule has 0 saturated carbocycles. The summed E-state index contributed by atoms with van der Waals surface area (Å²) in [6.45, 7) is 4.24. The number of hydrogen-bond donors (Lipinski definition) is 1. The maximum atomic E-state index is 14.0. The molecule has 3 aromatic heterocycles. The number of carboxylic acid groups (broad SMARTS) is 1. The van der Waals surface area contributed by atoms with Crippen LogP contribution < -0.4 is 4.74 Å². The molecule has 1 fully saturated rings. The third-order valence-corrected chi connectivity index (χ3v) is 10.3. The molecule has 0 bridgehead atoms. The first-order valence-electron chi connectivity index (χ1n) is 14.2. The number of ether oxygens (including phenoxy) is 2. The second kappa shape index (κ2) is 11.4. The molecule has 4 aromatic rings. The van der Waals surface area contributed by atoms with Crippen LogP contribution in [-0.4, -0.2) is 68.7 Å². The molecule has 5 heterocycles. The fourth-order valence-electron chi connectivity index (χ4n) is 6.09. The molecule has 1 unspecified atom stereocenters. The Labute approximate surface area is 256 Å². The van der Waals surface area contributed by atoms with Gasteiger partial charge < -0.3 is 14.6 Å². The summed E-state index contributed by atoms with van der Waals surface area (Å²) < 4.78 is 82.4. The lowest BCUT2D eigenvalue weighted by molar-refractivity contribution is -0.145. The average molecular weight is 646 g/mol. The van der Waals surface area contributed by atoms with Gasteiger partial charge in [-0.05, 0) is 59.9 Å². The zero-order valence-corrected chi connectivity index (χ0v) is 25.2. The van der Waals surface area contributed by atoms with Crippen molar-refractivity contribution >= 4 is 21.6 Å². The fourth-order valence-corrected chi connectivity index (χ4v) is 7.65. The molecular formula is C30H30F3N5O6S. The quantitative estimate of drug-likeness (QED) is 0.322. The van der Waals surface area contributed by atoms with E-state index in [-0.39, 0.29) is 35.9 Å². The number of fused-ring (bicyclic) bond motifs is 2. The van der Waals surface area contributed by atoms with Gasteiger partial charge in [-0.1, -0.05) is 18.2 Å². The standard InChI is InChI=1S/C30H30F3N5O6S/c1-18-5-6-20(23(15-25(39)40)22-7-11-38-26(19(22)2)35-36-28(38)30(31,32)33)14-21(18)16-37-17-29(8-12-43-13-9-29)44-27-24(45(37,41)42)4-3-10-34-27/h3-7,10-11,14,23H,8-9,12-13,15-17H2,1-2H3,(H,39,40). The molecule has 0 amide bonds. The summed E-state index contributed by atoms with van der Waals surface area (Å²) in [7, 11) is -4.05. The second-order valence-corrected chi connectivity index (χ2v) is 13.3. The number of alkyl halides is 3. The van der Waals surface area contributed by atoms with Crippen LogP contribution in [0.3, 0.4) is 0 Å². The number of benzene rings is 1. The topological polar surface area (TPSA) is 136 Å². The van der Waals surface area contributed by atoms with E-state index in [2.05, 4.69) is 15.2 Å². The Kier molecular flexibility index (Phi) is 7.82. The zero-order chi connectivity index (χ0) is 32.1. The highest BCUT2D eigenvalue weighted by atomic mass is 32.2. The van der Waals surface area contributed by atoms with E-state index in [1.807, 2.05) is 6.92 Å². The molecular weight excluding hydrogens is 615 g/mol. The van der Waals surface area contributed by atoms with Crippen molar-refractivity contribution in [1.29, 1.82) is 0 Å². The molecule has 2 aliphatic heterocycles. The monoisotopic (exact) mass is 645 g/mol. The van der Waals surface area contributed by atoms with Gasteiger partial charge in [0.15, 0.2) is 5.65 Å². The fraction of sp³-hybridized carbons (Fsp3) is 0.400. The van der Waals surface area contributed by atoms with Crippen molar-refractivity contribution in [3.8, 4) is 5.88 Å². The number of carbonyl (C=O) groups is 1. The Morgan fingerprint density at radius 1 is 1.13 bits per heavy atom. The van der Waals surface area contributed by atoms with Gasteiger partial charge in [0.25, 0.3) is 0 Å². The van der Waals surface area contributed by atoms with Gasteiger partial charge >= 0.3 is 12.1 Å². The van der Waals surface area contributed by atoms with Gasteiger partial charge in [0.1, 0.15) is 10.5 Å². The van der Waals surface area contributed by atoms with Crippen LogP contribution in [0, 0.1) is 13.8 Å².